The molecular formula is C13H25NO2. The van der Waals surface area contributed by atoms with E-state index in [2.05, 4.69) is 19.2 Å². The van der Waals surface area contributed by atoms with Gasteiger partial charge in [-0.15, -0.1) is 0 Å². The molecule has 3 heteroatoms. The molecule has 0 aromatic carbocycles. The number of ether oxygens (including phenoxy) is 1. The van der Waals surface area contributed by atoms with Crippen molar-refractivity contribution in [3.05, 3.63) is 0 Å². The summed E-state index contributed by atoms with van der Waals surface area (Å²) >= 11 is 0. The zero-order valence-electron chi connectivity index (χ0n) is 11.0. The highest BCUT2D eigenvalue weighted by atomic mass is 16.5. The molecule has 0 spiro atoms. The molecule has 2 unspecified atom stereocenters. The standard InChI is InChI=1S/C13H25NO2/c1-5-10(12(15)16-4)14-11-8-6-7-9-13(11,2)3/h10-11,14H,5-9H2,1-4H3. The zero-order chi connectivity index (χ0) is 12.2. The number of methoxy groups -OCH3 is 1. The molecule has 0 radical (unpaired) electrons. The summed E-state index contributed by atoms with van der Waals surface area (Å²) in [5.74, 6) is -0.135. The molecule has 0 amide bonds. The van der Waals surface area contributed by atoms with E-state index in [4.69, 9.17) is 4.74 Å². The average Bonchev–Trinajstić information content (AvgIpc) is 2.26. The summed E-state index contributed by atoms with van der Waals surface area (Å²) in [6, 6.07) is 0.290. The fourth-order valence-corrected chi connectivity index (χ4v) is 2.54. The van der Waals surface area contributed by atoms with Crippen molar-refractivity contribution >= 4 is 5.97 Å². The summed E-state index contributed by atoms with van der Waals surface area (Å²) in [4.78, 5) is 11.5. The number of rotatable bonds is 4. The van der Waals surface area contributed by atoms with Crippen molar-refractivity contribution in [3.63, 3.8) is 0 Å². The lowest BCUT2D eigenvalue weighted by Crippen LogP contribution is -2.51. The highest BCUT2D eigenvalue weighted by Crippen LogP contribution is 2.35. The minimum Gasteiger partial charge on any atom is -0.468 e. The first-order chi connectivity index (χ1) is 7.51. The smallest absolute Gasteiger partial charge is 0.322 e. The van der Waals surface area contributed by atoms with Gasteiger partial charge in [0.25, 0.3) is 0 Å². The fraction of sp³-hybridized carbons (Fsp3) is 0.923. The molecule has 94 valence electrons. The van der Waals surface area contributed by atoms with Gasteiger partial charge in [0.1, 0.15) is 6.04 Å². The Hall–Kier alpha value is -0.570. The molecule has 0 aromatic rings. The Balaban J connectivity index is 2.59. The van der Waals surface area contributed by atoms with Crippen LogP contribution in [0.15, 0.2) is 0 Å². The molecule has 1 rings (SSSR count). The third kappa shape index (κ3) is 3.21. The third-order valence-electron chi connectivity index (χ3n) is 3.80. The van der Waals surface area contributed by atoms with Crippen molar-refractivity contribution in [2.75, 3.05) is 7.11 Å². The van der Waals surface area contributed by atoms with Gasteiger partial charge >= 0.3 is 5.97 Å². The minimum atomic E-state index is -0.146. The van der Waals surface area contributed by atoms with Crippen molar-refractivity contribution in [1.29, 1.82) is 0 Å². The molecular weight excluding hydrogens is 202 g/mol. The first kappa shape index (κ1) is 13.5. The van der Waals surface area contributed by atoms with Crippen LogP contribution in [0.2, 0.25) is 0 Å². The van der Waals surface area contributed by atoms with Crippen molar-refractivity contribution in [1.82, 2.24) is 5.32 Å². The van der Waals surface area contributed by atoms with E-state index in [1.807, 2.05) is 6.92 Å². The lowest BCUT2D eigenvalue weighted by Gasteiger charge is -2.40. The van der Waals surface area contributed by atoms with Crippen molar-refractivity contribution in [2.45, 2.75) is 65.0 Å². The fourth-order valence-electron chi connectivity index (χ4n) is 2.54. The lowest BCUT2D eigenvalue weighted by atomic mass is 9.73. The van der Waals surface area contributed by atoms with Crippen LogP contribution in [0.3, 0.4) is 0 Å². The second-order valence-electron chi connectivity index (χ2n) is 5.44. The molecule has 0 aliphatic heterocycles. The second kappa shape index (κ2) is 5.67. The molecule has 2 atom stereocenters. The summed E-state index contributed by atoms with van der Waals surface area (Å²) in [6.07, 6.45) is 5.76. The summed E-state index contributed by atoms with van der Waals surface area (Å²) in [6.45, 7) is 6.59. The van der Waals surface area contributed by atoms with Crippen LogP contribution >= 0.6 is 0 Å². The molecule has 1 fully saturated rings. The van der Waals surface area contributed by atoms with Crippen LogP contribution < -0.4 is 5.32 Å². The van der Waals surface area contributed by atoms with E-state index in [0.29, 0.717) is 11.5 Å². The first-order valence-electron chi connectivity index (χ1n) is 6.35. The number of hydrogen-bond donors (Lipinski definition) is 1. The Morgan fingerprint density at radius 2 is 2.19 bits per heavy atom. The van der Waals surface area contributed by atoms with Crippen LogP contribution in [0.25, 0.3) is 0 Å². The molecule has 0 heterocycles. The molecule has 0 aromatic heterocycles. The van der Waals surface area contributed by atoms with Gasteiger partial charge in [-0.25, -0.2) is 0 Å². The molecule has 16 heavy (non-hydrogen) atoms. The van der Waals surface area contributed by atoms with Crippen molar-refractivity contribution < 1.29 is 9.53 Å². The summed E-state index contributed by atoms with van der Waals surface area (Å²) in [5.41, 5.74) is 0.291. The Bertz CT molecular complexity index is 238. The maximum atomic E-state index is 11.5. The summed E-state index contributed by atoms with van der Waals surface area (Å²) in [7, 11) is 1.46. The van der Waals surface area contributed by atoms with Gasteiger partial charge in [-0.3, -0.25) is 4.79 Å². The quantitative estimate of drug-likeness (QED) is 0.750. The molecule has 0 saturated heterocycles. The number of carbonyl (C=O) groups excluding carboxylic acids is 1. The van der Waals surface area contributed by atoms with Crippen molar-refractivity contribution in [2.24, 2.45) is 5.41 Å². The number of hydrogen-bond acceptors (Lipinski definition) is 3. The maximum absolute atomic E-state index is 11.5. The van der Waals surface area contributed by atoms with E-state index in [1.54, 1.807) is 0 Å². The number of esters is 1. The molecule has 1 saturated carbocycles. The van der Waals surface area contributed by atoms with Crippen LogP contribution in [0.5, 0.6) is 0 Å². The second-order valence-corrected chi connectivity index (χ2v) is 5.44. The Morgan fingerprint density at radius 3 is 2.69 bits per heavy atom. The molecule has 3 nitrogen and oxygen atoms in total. The zero-order valence-corrected chi connectivity index (χ0v) is 11.0. The van der Waals surface area contributed by atoms with Gasteiger partial charge in [-0.05, 0) is 24.7 Å². The number of nitrogens with one attached hydrogen (secondary N) is 1. The largest absolute Gasteiger partial charge is 0.468 e. The van der Waals surface area contributed by atoms with E-state index in [1.165, 1.54) is 32.8 Å². The monoisotopic (exact) mass is 227 g/mol. The number of carbonyl (C=O) groups is 1. The van der Waals surface area contributed by atoms with E-state index in [0.717, 1.165) is 6.42 Å². The van der Waals surface area contributed by atoms with Crippen LogP contribution in [0, 0.1) is 5.41 Å². The SMILES string of the molecule is CCC(NC1CCCCC1(C)C)C(=O)OC. The van der Waals surface area contributed by atoms with Gasteiger partial charge in [0.15, 0.2) is 0 Å². The van der Waals surface area contributed by atoms with Gasteiger partial charge in [-0.2, -0.15) is 0 Å². The molecule has 0 bridgehead atoms. The van der Waals surface area contributed by atoms with Crippen LogP contribution in [-0.4, -0.2) is 25.2 Å². The summed E-state index contributed by atoms with van der Waals surface area (Å²) < 4.78 is 4.81. The Labute approximate surface area is 98.9 Å². The molecule has 1 aliphatic carbocycles. The first-order valence-corrected chi connectivity index (χ1v) is 6.35. The Kier molecular flexibility index (Phi) is 4.78. The minimum absolute atomic E-state index is 0.135. The van der Waals surface area contributed by atoms with Crippen LogP contribution in [-0.2, 0) is 9.53 Å². The van der Waals surface area contributed by atoms with E-state index >= 15 is 0 Å². The predicted molar refractivity (Wildman–Crippen MR) is 65.3 cm³/mol. The van der Waals surface area contributed by atoms with Gasteiger partial charge in [0.05, 0.1) is 7.11 Å². The van der Waals surface area contributed by atoms with Crippen molar-refractivity contribution in [3.8, 4) is 0 Å². The van der Waals surface area contributed by atoms with E-state index in [9.17, 15) is 4.79 Å². The highest BCUT2D eigenvalue weighted by Gasteiger charge is 2.34. The lowest BCUT2D eigenvalue weighted by molar-refractivity contribution is -0.143. The van der Waals surface area contributed by atoms with Gasteiger partial charge in [0.2, 0.25) is 0 Å². The topological polar surface area (TPSA) is 38.3 Å². The summed E-state index contributed by atoms with van der Waals surface area (Å²) in [5, 5.41) is 3.47. The van der Waals surface area contributed by atoms with Crippen LogP contribution in [0.1, 0.15) is 52.9 Å². The predicted octanol–water partition coefficient (Wildman–Crippen LogP) is 2.50. The van der Waals surface area contributed by atoms with E-state index in [-0.39, 0.29) is 12.0 Å². The van der Waals surface area contributed by atoms with Gasteiger partial charge in [-0.1, -0.05) is 33.6 Å². The normalized spacial score (nSPS) is 26.1. The third-order valence-corrected chi connectivity index (χ3v) is 3.80. The van der Waals surface area contributed by atoms with Gasteiger partial charge < -0.3 is 10.1 Å². The van der Waals surface area contributed by atoms with E-state index < -0.39 is 0 Å². The van der Waals surface area contributed by atoms with Gasteiger partial charge in [0, 0.05) is 6.04 Å². The highest BCUT2D eigenvalue weighted by molar-refractivity contribution is 5.75. The average molecular weight is 227 g/mol. The maximum Gasteiger partial charge on any atom is 0.322 e. The van der Waals surface area contributed by atoms with Crippen LogP contribution in [0.4, 0.5) is 0 Å². The Morgan fingerprint density at radius 1 is 1.50 bits per heavy atom. The molecule has 1 aliphatic rings. The molecule has 1 N–H and O–H groups in total.